The lowest BCUT2D eigenvalue weighted by atomic mass is 9.91. The summed E-state index contributed by atoms with van der Waals surface area (Å²) in [7, 11) is 0. The lowest BCUT2D eigenvalue weighted by Crippen LogP contribution is -2.39. The van der Waals surface area contributed by atoms with Gasteiger partial charge in [0.25, 0.3) is 0 Å². The van der Waals surface area contributed by atoms with Crippen molar-refractivity contribution in [1.29, 1.82) is 0 Å². The molecule has 0 aromatic heterocycles. The average molecular weight is 359 g/mol. The highest BCUT2D eigenvalue weighted by Crippen LogP contribution is 2.45. The number of fused-ring (bicyclic) bond motifs is 3. The number of rotatable bonds is 6. The van der Waals surface area contributed by atoms with Gasteiger partial charge in [0.2, 0.25) is 0 Å². The molecule has 138 valence electrons. The number of hydrogen-bond donors (Lipinski definition) is 3. The van der Waals surface area contributed by atoms with Gasteiger partial charge in [-0.05, 0) is 34.7 Å². The van der Waals surface area contributed by atoms with E-state index < -0.39 is 12.2 Å². The van der Waals surface area contributed by atoms with Crippen molar-refractivity contribution in [3.05, 3.63) is 95.6 Å². The first-order valence-corrected chi connectivity index (χ1v) is 9.49. The molecule has 1 aliphatic rings. The maximum absolute atomic E-state index is 11.0. The molecule has 0 radical (unpaired) electrons. The highest BCUT2D eigenvalue weighted by Gasteiger charge is 2.33. The van der Waals surface area contributed by atoms with E-state index in [0.29, 0.717) is 6.54 Å². The van der Waals surface area contributed by atoms with Crippen LogP contribution < -0.4 is 5.32 Å². The Labute approximate surface area is 160 Å². The molecular weight excluding hydrogens is 334 g/mol. The first-order chi connectivity index (χ1) is 13.2. The molecule has 3 nitrogen and oxygen atoms in total. The largest absolute Gasteiger partial charge is 0.391 e. The summed E-state index contributed by atoms with van der Waals surface area (Å²) >= 11 is 0. The maximum atomic E-state index is 11.0. The van der Waals surface area contributed by atoms with Crippen LogP contribution in [0, 0.1) is 0 Å². The third-order valence-corrected chi connectivity index (χ3v) is 5.53. The van der Waals surface area contributed by atoms with Crippen LogP contribution >= 0.6 is 0 Å². The van der Waals surface area contributed by atoms with Crippen molar-refractivity contribution in [2.75, 3.05) is 6.54 Å². The van der Waals surface area contributed by atoms with Crippen molar-refractivity contribution < 1.29 is 10.2 Å². The van der Waals surface area contributed by atoms with Gasteiger partial charge in [-0.25, -0.2) is 0 Å². The highest BCUT2D eigenvalue weighted by atomic mass is 16.3. The van der Waals surface area contributed by atoms with E-state index in [2.05, 4.69) is 29.6 Å². The monoisotopic (exact) mass is 359 g/mol. The first kappa shape index (κ1) is 17.9. The van der Waals surface area contributed by atoms with Crippen molar-refractivity contribution in [3.63, 3.8) is 0 Å². The molecule has 0 saturated carbocycles. The highest BCUT2D eigenvalue weighted by molar-refractivity contribution is 5.79. The van der Waals surface area contributed by atoms with Gasteiger partial charge in [-0.2, -0.15) is 0 Å². The Morgan fingerprint density at radius 3 is 1.89 bits per heavy atom. The Balaban J connectivity index is 1.49. The van der Waals surface area contributed by atoms with Crippen LogP contribution in [0.3, 0.4) is 0 Å². The Hall–Kier alpha value is -2.46. The van der Waals surface area contributed by atoms with Gasteiger partial charge in [-0.3, -0.25) is 0 Å². The van der Waals surface area contributed by atoms with E-state index in [1.807, 2.05) is 61.5 Å². The van der Waals surface area contributed by atoms with Crippen LogP contribution in [0.25, 0.3) is 11.1 Å². The van der Waals surface area contributed by atoms with E-state index in [1.54, 1.807) is 0 Å². The summed E-state index contributed by atoms with van der Waals surface area (Å²) in [5.74, 6) is -0.0500. The van der Waals surface area contributed by atoms with Gasteiger partial charge >= 0.3 is 0 Å². The maximum Gasteiger partial charge on any atom is 0.0940 e. The predicted molar refractivity (Wildman–Crippen MR) is 109 cm³/mol. The topological polar surface area (TPSA) is 52.5 Å². The fraction of sp³-hybridized carbons (Fsp3) is 0.250. The number of aliphatic hydroxyl groups excluding tert-OH is 2. The van der Waals surface area contributed by atoms with Crippen LogP contribution in [-0.4, -0.2) is 28.9 Å². The molecule has 3 unspecified atom stereocenters. The lowest BCUT2D eigenvalue weighted by molar-refractivity contribution is 0.111. The molecule has 0 heterocycles. The van der Waals surface area contributed by atoms with Gasteiger partial charge in [0.1, 0.15) is 0 Å². The molecule has 3 aromatic carbocycles. The van der Waals surface area contributed by atoms with Crippen molar-refractivity contribution in [2.24, 2.45) is 0 Å². The third-order valence-electron chi connectivity index (χ3n) is 5.53. The normalized spacial score (nSPS) is 16.4. The quantitative estimate of drug-likeness (QED) is 0.626. The number of aliphatic hydroxyl groups is 2. The molecule has 27 heavy (non-hydrogen) atoms. The zero-order chi connectivity index (χ0) is 18.8. The lowest BCUT2D eigenvalue weighted by Gasteiger charge is -2.25. The van der Waals surface area contributed by atoms with Gasteiger partial charge in [-0.15, -0.1) is 0 Å². The second-order valence-electron chi connectivity index (χ2n) is 7.27. The van der Waals surface area contributed by atoms with Crippen molar-refractivity contribution >= 4 is 0 Å². The summed E-state index contributed by atoms with van der Waals surface area (Å²) in [5, 5.41) is 24.9. The van der Waals surface area contributed by atoms with E-state index >= 15 is 0 Å². The van der Waals surface area contributed by atoms with Crippen LogP contribution in [0.2, 0.25) is 0 Å². The first-order valence-electron chi connectivity index (χ1n) is 9.49. The minimum absolute atomic E-state index is 0.0500. The number of benzene rings is 3. The minimum Gasteiger partial charge on any atom is -0.391 e. The minimum atomic E-state index is -0.610. The fourth-order valence-corrected chi connectivity index (χ4v) is 4.08. The van der Waals surface area contributed by atoms with Gasteiger partial charge in [-0.1, -0.05) is 78.9 Å². The molecule has 1 aliphatic carbocycles. The SMILES string of the molecule is CC(NCC(O)C1c2ccccc2-c2ccccc21)C(O)c1ccccc1. The van der Waals surface area contributed by atoms with E-state index in [9.17, 15) is 10.2 Å². The Morgan fingerprint density at radius 1 is 0.778 bits per heavy atom. The Bertz CT molecular complexity index is 864. The van der Waals surface area contributed by atoms with Gasteiger partial charge in [0.15, 0.2) is 0 Å². The van der Waals surface area contributed by atoms with Crippen LogP contribution in [0.5, 0.6) is 0 Å². The van der Waals surface area contributed by atoms with Crippen LogP contribution in [-0.2, 0) is 0 Å². The Kier molecular flexibility index (Phi) is 5.08. The molecular formula is C24H25NO2. The molecule has 0 fully saturated rings. The summed E-state index contributed by atoms with van der Waals surface area (Å²) in [6.45, 7) is 2.36. The molecule has 3 aromatic rings. The molecule has 0 saturated heterocycles. The molecule has 0 spiro atoms. The number of hydrogen-bond acceptors (Lipinski definition) is 3. The summed E-state index contributed by atoms with van der Waals surface area (Å²) in [6.07, 6.45) is -1.18. The zero-order valence-electron chi connectivity index (χ0n) is 15.4. The second kappa shape index (κ2) is 7.65. The van der Waals surface area contributed by atoms with Crippen molar-refractivity contribution in [1.82, 2.24) is 5.32 Å². The summed E-state index contributed by atoms with van der Waals surface area (Å²) in [5.41, 5.74) is 5.63. The summed E-state index contributed by atoms with van der Waals surface area (Å²) in [4.78, 5) is 0. The van der Waals surface area contributed by atoms with E-state index in [-0.39, 0.29) is 12.0 Å². The Morgan fingerprint density at radius 2 is 1.30 bits per heavy atom. The third kappa shape index (κ3) is 3.42. The van der Waals surface area contributed by atoms with Gasteiger partial charge in [0.05, 0.1) is 12.2 Å². The number of nitrogens with one attached hydrogen (secondary N) is 1. The molecule has 4 rings (SSSR count). The predicted octanol–water partition coefficient (Wildman–Crippen LogP) is 3.87. The van der Waals surface area contributed by atoms with Gasteiger partial charge < -0.3 is 15.5 Å². The van der Waals surface area contributed by atoms with E-state index in [0.717, 1.165) is 5.56 Å². The molecule has 0 bridgehead atoms. The molecule has 3 N–H and O–H groups in total. The van der Waals surface area contributed by atoms with Gasteiger partial charge in [0, 0.05) is 18.5 Å². The second-order valence-corrected chi connectivity index (χ2v) is 7.27. The molecule has 3 heteroatoms. The summed E-state index contributed by atoms with van der Waals surface area (Å²) < 4.78 is 0. The molecule has 0 aliphatic heterocycles. The van der Waals surface area contributed by atoms with E-state index in [1.165, 1.54) is 22.3 Å². The molecule has 0 amide bonds. The van der Waals surface area contributed by atoms with Crippen LogP contribution in [0.15, 0.2) is 78.9 Å². The average Bonchev–Trinajstić information content (AvgIpc) is 3.06. The van der Waals surface area contributed by atoms with E-state index in [4.69, 9.17) is 0 Å². The van der Waals surface area contributed by atoms with Crippen LogP contribution in [0.1, 0.15) is 35.6 Å². The standard InChI is InChI=1S/C24H25NO2/c1-16(24(27)17-9-3-2-4-10-17)25-15-22(26)23-20-13-7-5-11-18(20)19-12-6-8-14-21(19)23/h2-14,16,22-27H,15H2,1H3. The molecule has 3 atom stereocenters. The zero-order valence-corrected chi connectivity index (χ0v) is 15.4. The van der Waals surface area contributed by atoms with Crippen molar-refractivity contribution in [2.45, 2.75) is 31.1 Å². The smallest absolute Gasteiger partial charge is 0.0940 e. The van der Waals surface area contributed by atoms with Crippen LogP contribution in [0.4, 0.5) is 0 Å². The van der Waals surface area contributed by atoms with Crippen molar-refractivity contribution in [3.8, 4) is 11.1 Å². The fourth-order valence-electron chi connectivity index (χ4n) is 4.08. The summed E-state index contributed by atoms with van der Waals surface area (Å²) in [6, 6.07) is 26.1.